The Morgan fingerprint density at radius 3 is 2.48 bits per heavy atom. The van der Waals surface area contributed by atoms with Crippen molar-refractivity contribution >= 4 is 28.1 Å². The first-order valence-corrected chi connectivity index (χ1v) is 13.1. The Bertz CT molecular complexity index is 963. The van der Waals surface area contributed by atoms with Crippen molar-refractivity contribution in [3.63, 3.8) is 0 Å². The number of hydrogen-bond acceptors (Lipinski definition) is 8. The monoisotopic (exact) mass is 477 g/mol. The fourth-order valence-electron chi connectivity index (χ4n) is 3.85. The van der Waals surface area contributed by atoms with Crippen molar-refractivity contribution in [3.8, 4) is 11.4 Å². The average molecular weight is 478 g/mol. The molecule has 33 heavy (non-hydrogen) atoms. The van der Waals surface area contributed by atoms with E-state index in [0.29, 0.717) is 63.3 Å². The van der Waals surface area contributed by atoms with E-state index in [1.165, 1.54) is 6.26 Å². The number of urea groups is 1. The van der Waals surface area contributed by atoms with E-state index in [1.807, 2.05) is 30.3 Å². The van der Waals surface area contributed by atoms with Crippen LogP contribution in [-0.4, -0.2) is 88.4 Å². The highest BCUT2D eigenvalue weighted by Gasteiger charge is 2.23. The van der Waals surface area contributed by atoms with Crippen molar-refractivity contribution in [1.82, 2.24) is 14.9 Å². The number of rotatable bonds is 5. The maximum absolute atomic E-state index is 12.4. The van der Waals surface area contributed by atoms with Gasteiger partial charge in [-0.3, -0.25) is 9.11 Å². The fraction of sp³-hybridized carbons (Fsp3) is 0.500. The van der Waals surface area contributed by atoms with Crippen molar-refractivity contribution in [2.75, 3.05) is 62.5 Å². The number of carbonyl (C=O) groups excluding carboxylic acids is 1. The van der Waals surface area contributed by atoms with E-state index in [-0.39, 0.29) is 17.8 Å². The van der Waals surface area contributed by atoms with Crippen LogP contribution in [0.4, 0.5) is 16.3 Å². The number of aromatic nitrogens is 2. The molecule has 0 unspecified atom stereocenters. The second-order valence-electron chi connectivity index (χ2n) is 8.40. The van der Waals surface area contributed by atoms with Gasteiger partial charge in [-0.2, -0.15) is 10.6 Å². The summed E-state index contributed by atoms with van der Waals surface area (Å²) in [5.74, 6) is 1.29. The summed E-state index contributed by atoms with van der Waals surface area (Å²) in [7, 11) is -2.76. The van der Waals surface area contributed by atoms with E-state index in [9.17, 15) is 13.9 Å². The molecule has 2 aliphatic heterocycles. The third kappa shape index (κ3) is 6.33. The van der Waals surface area contributed by atoms with Crippen LogP contribution >= 0.6 is 10.6 Å². The molecule has 0 bridgehead atoms. The lowest BCUT2D eigenvalue weighted by Gasteiger charge is -2.35. The van der Waals surface area contributed by atoms with Crippen molar-refractivity contribution in [2.24, 2.45) is 0 Å². The third-order valence-corrected chi connectivity index (χ3v) is 6.38. The Balaban J connectivity index is 1.56. The number of amides is 2. The molecule has 2 aromatic rings. The van der Waals surface area contributed by atoms with Crippen molar-refractivity contribution in [2.45, 2.75) is 18.7 Å². The molecule has 10 nitrogen and oxygen atoms in total. The van der Waals surface area contributed by atoms with Crippen LogP contribution < -0.4 is 10.2 Å². The lowest BCUT2D eigenvalue weighted by molar-refractivity contribution is 0.0564. The predicted octanol–water partition coefficient (Wildman–Crippen LogP) is 3.11. The van der Waals surface area contributed by atoms with Crippen LogP contribution in [0.2, 0.25) is 0 Å². The summed E-state index contributed by atoms with van der Waals surface area (Å²) in [5.41, 5.74) is 2.02. The molecule has 2 saturated heterocycles. The van der Waals surface area contributed by atoms with E-state index in [2.05, 4.69) is 22.1 Å². The standard InChI is InChI=1S/C22H31N5O5S/c1-16-14-32-12-9-27(16)20-13-19(15-33(2,29)30)23-21(25-20)17-3-5-18(6-4-17)24-22(28)26-7-10-31-11-8-26/h3-6,13,16,29-30H,7-12,14-15H2,1-2H3,(H,24,28)/t16-/m0/s1. The number of morpholine rings is 2. The first kappa shape index (κ1) is 23.7. The lowest BCUT2D eigenvalue weighted by atomic mass is 10.2. The van der Waals surface area contributed by atoms with E-state index >= 15 is 0 Å². The molecule has 0 aliphatic carbocycles. The summed E-state index contributed by atoms with van der Waals surface area (Å²) < 4.78 is 30.8. The minimum atomic E-state index is -2.76. The number of anilines is 2. The second-order valence-corrected chi connectivity index (χ2v) is 10.7. The Kier molecular flexibility index (Phi) is 7.35. The summed E-state index contributed by atoms with van der Waals surface area (Å²) in [6.07, 6.45) is 1.41. The number of ether oxygens (including phenoxy) is 2. The van der Waals surface area contributed by atoms with Gasteiger partial charge in [0.1, 0.15) is 5.82 Å². The normalized spacial score (nSPS) is 19.9. The van der Waals surface area contributed by atoms with E-state index in [1.54, 1.807) is 4.90 Å². The van der Waals surface area contributed by atoms with Crippen LogP contribution in [0.5, 0.6) is 0 Å². The molecule has 1 atom stereocenters. The zero-order valence-electron chi connectivity index (χ0n) is 18.9. The summed E-state index contributed by atoms with van der Waals surface area (Å²) in [6.45, 7) is 6.23. The minimum absolute atomic E-state index is 0.0575. The van der Waals surface area contributed by atoms with Gasteiger partial charge in [-0.05, 0) is 31.2 Å². The number of carbonyl (C=O) groups is 1. The number of nitrogens with one attached hydrogen (secondary N) is 1. The molecule has 0 radical (unpaired) electrons. The summed E-state index contributed by atoms with van der Waals surface area (Å²) in [6, 6.07) is 9.15. The Labute approximate surface area is 195 Å². The fourth-order valence-corrected chi connectivity index (χ4v) is 4.56. The molecule has 2 aliphatic rings. The number of benzene rings is 1. The van der Waals surface area contributed by atoms with Gasteiger partial charge < -0.3 is 24.6 Å². The molecule has 0 spiro atoms. The van der Waals surface area contributed by atoms with Crippen molar-refractivity contribution in [3.05, 3.63) is 36.0 Å². The number of nitrogens with zero attached hydrogens (tertiary/aromatic N) is 4. The molecule has 11 heteroatoms. The predicted molar refractivity (Wildman–Crippen MR) is 129 cm³/mol. The average Bonchev–Trinajstić information content (AvgIpc) is 2.79. The first-order valence-electron chi connectivity index (χ1n) is 11.0. The SMILES string of the molecule is C[C@H]1COCCN1c1cc(CS(C)(O)O)nc(-c2ccc(NC(=O)N3CCOCC3)cc2)n1. The maximum Gasteiger partial charge on any atom is 0.321 e. The molecule has 1 aromatic heterocycles. The van der Waals surface area contributed by atoms with Crippen LogP contribution in [0.15, 0.2) is 30.3 Å². The number of hydrogen-bond donors (Lipinski definition) is 3. The van der Waals surface area contributed by atoms with E-state index in [0.717, 1.165) is 11.4 Å². The molecule has 2 fully saturated rings. The first-order chi connectivity index (χ1) is 15.8. The molecule has 4 rings (SSSR count). The lowest BCUT2D eigenvalue weighted by Crippen LogP contribution is -2.44. The van der Waals surface area contributed by atoms with Gasteiger partial charge >= 0.3 is 6.03 Å². The Hall–Kier alpha value is -2.44. The van der Waals surface area contributed by atoms with Gasteiger partial charge in [0, 0.05) is 43.2 Å². The van der Waals surface area contributed by atoms with E-state index in [4.69, 9.17) is 14.5 Å². The largest absolute Gasteiger partial charge is 0.378 e. The van der Waals surface area contributed by atoms with Crippen LogP contribution in [-0.2, 0) is 15.2 Å². The molecule has 3 heterocycles. The van der Waals surface area contributed by atoms with Crippen LogP contribution in [0.25, 0.3) is 11.4 Å². The molecule has 180 valence electrons. The third-order valence-electron chi connectivity index (χ3n) is 5.54. The molecule has 1 aromatic carbocycles. The summed E-state index contributed by atoms with van der Waals surface area (Å²) in [5, 5.41) is 2.91. The second kappa shape index (κ2) is 10.2. The van der Waals surface area contributed by atoms with Gasteiger partial charge in [-0.25, -0.2) is 14.8 Å². The summed E-state index contributed by atoms with van der Waals surface area (Å²) in [4.78, 5) is 25.7. The topological polar surface area (TPSA) is 120 Å². The molecular weight excluding hydrogens is 446 g/mol. The Morgan fingerprint density at radius 1 is 1.12 bits per heavy atom. The smallest absolute Gasteiger partial charge is 0.321 e. The molecule has 3 N–H and O–H groups in total. The highest BCUT2D eigenvalue weighted by molar-refractivity contribution is 8.23. The van der Waals surface area contributed by atoms with Gasteiger partial charge in [0.05, 0.1) is 43.9 Å². The van der Waals surface area contributed by atoms with Gasteiger partial charge in [-0.15, -0.1) is 0 Å². The van der Waals surface area contributed by atoms with Crippen molar-refractivity contribution < 1.29 is 23.4 Å². The van der Waals surface area contributed by atoms with Gasteiger partial charge in [-0.1, -0.05) is 0 Å². The highest BCUT2D eigenvalue weighted by Crippen LogP contribution is 2.38. The van der Waals surface area contributed by atoms with E-state index < -0.39 is 10.6 Å². The van der Waals surface area contributed by atoms with Crippen LogP contribution in [0, 0.1) is 0 Å². The highest BCUT2D eigenvalue weighted by atomic mass is 32.3. The van der Waals surface area contributed by atoms with Crippen LogP contribution in [0.1, 0.15) is 12.6 Å². The minimum Gasteiger partial charge on any atom is -0.378 e. The van der Waals surface area contributed by atoms with Gasteiger partial charge in [0.25, 0.3) is 0 Å². The maximum atomic E-state index is 12.4. The quantitative estimate of drug-likeness (QED) is 0.601. The summed E-state index contributed by atoms with van der Waals surface area (Å²) >= 11 is 0. The Morgan fingerprint density at radius 2 is 1.82 bits per heavy atom. The molecule has 2 amide bonds. The zero-order valence-corrected chi connectivity index (χ0v) is 19.8. The zero-order chi connectivity index (χ0) is 23.4. The van der Waals surface area contributed by atoms with Gasteiger partial charge in [0.2, 0.25) is 0 Å². The van der Waals surface area contributed by atoms with Crippen LogP contribution in [0.3, 0.4) is 0 Å². The van der Waals surface area contributed by atoms with Gasteiger partial charge in [0.15, 0.2) is 5.82 Å². The van der Waals surface area contributed by atoms with Crippen molar-refractivity contribution in [1.29, 1.82) is 0 Å². The molecular formula is C22H31N5O5S. The molecule has 0 saturated carbocycles.